The molecular weight excluding hydrogens is 262 g/mol. The molecule has 0 atom stereocenters. The molecular formula is C18H19NO2. The first-order valence-corrected chi connectivity index (χ1v) is 7.29. The van der Waals surface area contributed by atoms with Crippen LogP contribution >= 0.6 is 0 Å². The van der Waals surface area contributed by atoms with E-state index in [1.807, 2.05) is 0 Å². The van der Waals surface area contributed by atoms with Gasteiger partial charge in [0.1, 0.15) is 0 Å². The standard InChI is InChI=1S/C18H19NO2/c1-21-17(20)11-6-12-19-18-15-9-4-2-7-13(15)14-8-3-5-10-16(14)18/h2-5,7-10,18-19H,6,11-12H2,1H3. The molecule has 0 radical (unpaired) electrons. The van der Waals surface area contributed by atoms with Gasteiger partial charge >= 0.3 is 5.97 Å². The fraction of sp³-hybridized carbons (Fsp3) is 0.278. The first-order valence-electron chi connectivity index (χ1n) is 7.29. The normalized spacial score (nSPS) is 12.8. The molecule has 1 N–H and O–H groups in total. The highest BCUT2D eigenvalue weighted by atomic mass is 16.5. The molecule has 0 aliphatic heterocycles. The molecule has 1 aliphatic carbocycles. The zero-order valence-electron chi connectivity index (χ0n) is 12.1. The molecule has 2 aromatic rings. The number of carbonyl (C=O) groups is 1. The molecule has 0 fully saturated rings. The van der Waals surface area contributed by atoms with Gasteiger partial charge in [0.2, 0.25) is 0 Å². The Bertz CT molecular complexity index is 606. The molecule has 1 aliphatic rings. The third-order valence-electron chi connectivity index (χ3n) is 3.97. The van der Waals surface area contributed by atoms with Crippen LogP contribution in [0.25, 0.3) is 11.1 Å². The summed E-state index contributed by atoms with van der Waals surface area (Å²) >= 11 is 0. The van der Waals surface area contributed by atoms with E-state index in [1.165, 1.54) is 29.4 Å². The van der Waals surface area contributed by atoms with Gasteiger partial charge in [-0.3, -0.25) is 4.79 Å². The van der Waals surface area contributed by atoms with E-state index in [0.29, 0.717) is 6.42 Å². The molecule has 0 saturated carbocycles. The smallest absolute Gasteiger partial charge is 0.305 e. The Morgan fingerprint density at radius 3 is 2.19 bits per heavy atom. The maximum atomic E-state index is 11.2. The van der Waals surface area contributed by atoms with E-state index in [2.05, 4.69) is 58.6 Å². The van der Waals surface area contributed by atoms with Crippen LogP contribution < -0.4 is 5.32 Å². The molecule has 3 rings (SSSR count). The number of fused-ring (bicyclic) bond motifs is 3. The highest BCUT2D eigenvalue weighted by molar-refractivity contribution is 5.78. The van der Waals surface area contributed by atoms with Crippen LogP contribution in [0.2, 0.25) is 0 Å². The molecule has 0 bridgehead atoms. The fourth-order valence-corrected chi connectivity index (χ4v) is 2.96. The monoisotopic (exact) mass is 281 g/mol. The summed E-state index contributed by atoms with van der Waals surface area (Å²) in [7, 11) is 1.43. The van der Waals surface area contributed by atoms with E-state index in [4.69, 9.17) is 0 Å². The van der Waals surface area contributed by atoms with Crippen molar-refractivity contribution in [3.63, 3.8) is 0 Å². The van der Waals surface area contributed by atoms with Crippen molar-refractivity contribution < 1.29 is 9.53 Å². The Kier molecular flexibility index (Phi) is 4.02. The zero-order chi connectivity index (χ0) is 14.7. The molecule has 108 valence electrons. The van der Waals surface area contributed by atoms with Gasteiger partial charge in [-0.2, -0.15) is 0 Å². The highest BCUT2D eigenvalue weighted by Gasteiger charge is 2.27. The topological polar surface area (TPSA) is 38.3 Å². The number of ether oxygens (including phenoxy) is 1. The van der Waals surface area contributed by atoms with E-state index in [9.17, 15) is 4.79 Å². The second-order valence-corrected chi connectivity index (χ2v) is 5.24. The van der Waals surface area contributed by atoms with Gasteiger partial charge in [0, 0.05) is 6.42 Å². The summed E-state index contributed by atoms with van der Waals surface area (Å²) in [4.78, 5) is 11.2. The van der Waals surface area contributed by atoms with Crippen LogP contribution in [-0.4, -0.2) is 19.6 Å². The third kappa shape index (κ3) is 2.69. The second kappa shape index (κ2) is 6.10. The van der Waals surface area contributed by atoms with Crippen molar-refractivity contribution in [1.29, 1.82) is 0 Å². The molecule has 2 aromatic carbocycles. The summed E-state index contributed by atoms with van der Waals surface area (Å²) in [5, 5.41) is 3.57. The van der Waals surface area contributed by atoms with Gasteiger partial charge in [0.05, 0.1) is 13.2 Å². The minimum Gasteiger partial charge on any atom is -0.469 e. The van der Waals surface area contributed by atoms with Crippen molar-refractivity contribution in [2.24, 2.45) is 0 Å². The summed E-state index contributed by atoms with van der Waals surface area (Å²) in [5.41, 5.74) is 5.24. The van der Waals surface area contributed by atoms with Crippen LogP contribution in [0.5, 0.6) is 0 Å². The number of esters is 1. The Hall–Kier alpha value is -2.13. The Balaban J connectivity index is 1.75. The van der Waals surface area contributed by atoms with E-state index in [-0.39, 0.29) is 12.0 Å². The number of hydrogen-bond donors (Lipinski definition) is 1. The average molecular weight is 281 g/mol. The van der Waals surface area contributed by atoms with Crippen LogP contribution in [0.15, 0.2) is 48.5 Å². The number of nitrogens with one attached hydrogen (secondary N) is 1. The predicted octanol–water partition coefficient (Wildman–Crippen LogP) is 3.30. The maximum Gasteiger partial charge on any atom is 0.305 e. The molecule has 0 saturated heterocycles. The summed E-state index contributed by atoms with van der Waals surface area (Å²) in [5.74, 6) is -0.149. The van der Waals surface area contributed by atoms with Gasteiger partial charge in [-0.15, -0.1) is 0 Å². The van der Waals surface area contributed by atoms with Crippen LogP contribution in [-0.2, 0) is 9.53 Å². The second-order valence-electron chi connectivity index (χ2n) is 5.24. The van der Waals surface area contributed by atoms with Crippen molar-refractivity contribution in [3.8, 4) is 11.1 Å². The molecule has 3 heteroatoms. The lowest BCUT2D eigenvalue weighted by Crippen LogP contribution is -2.22. The van der Waals surface area contributed by atoms with E-state index < -0.39 is 0 Å². The first kappa shape index (κ1) is 13.8. The van der Waals surface area contributed by atoms with Gasteiger partial charge in [-0.1, -0.05) is 48.5 Å². The van der Waals surface area contributed by atoms with Gasteiger partial charge in [0.25, 0.3) is 0 Å². The van der Waals surface area contributed by atoms with Gasteiger partial charge in [-0.25, -0.2) is 0 Å². The van der Waals surface area contributed by atoms with Gasteiger partial charge in [0.15, 0.2) is 0 Å². The molecule has 0 unspecified atom stereocenters. The van der Waals surface area contributed by atoms with Crippen LogP contribution in [0.3, 0.4) is 0 Å². The number of carbonyl (C=O) groups excluding carboxylic acids is 1. The average Bonchev–Trinajstić information content (AvgIpc) is 2.86. The first-order chi connectivity index (χ1) is 10.3. The van der Waals surface area contributed by atoms with Gasteiger partial charge in [-0.05, 0) is 35.2 Å². The number of methoxy groups -OCH3 is 1. The molecule has 0 aromatic heterocycles. The van der Waals surface area contributed by atoms with Crippen molar-refractivity contribution in [2.75, 3.05) is 13.7 Å². The SMILES string of the molecule is COC(=O)CCCNC1c2ccccc2-c2ccccc21. The Morgan fingerprint density at radius 2 is 1.62 bits per heavy atom. The van der Waals surface area contributed by atoms with Crippen LogP contribution in [0, 0.1) is 0 Å². The summed E-state index contributed by atoms with van der Waals surface area (Å²) < 4.78 is 4.67. The minimum atomic E-state index is -0.149. The van der Waals surface area contributed by atoms with Crippen molar-refractivity contribution in [1.82, 2.24) is 5.32 Å². The largest absolute Gasteiger partial charge is 0.469 e. The number of benzene rings is 2. The molecule has 0 spiro atoms. The lowest BCUT2D eigenvalue weighted by Gasteiger charge is -2.15. The molecule has 3 nitrogen and oxygen atoms in total. The van der Waals surface area contributed by atoms with Gasteiger partial charge < -0.3 is 10.1 Å². The van der Waals surface area contributed by atoms with E-state index >= 15 is 0 Å². The fourth-order valence-electron chi connectivity index (χ4n) is 2.96. The van der Waals surface area contributed by atoms with E-state index in [0.717, 1.165) is 13.0 Å². The number of rotatable bonds is 5. The minimum absolute atomic E-state index is 0.149. The summed E-state index contributed by atoms with van der Waals surface area (Å²) in [6.07, 6.45) is 1.24. The van der Waals surface area contributed by atoms with E-state index in [1.54, 1.807) is 0 Å². The van der Waals surface area contributed by atoms with Crippen LogP contribution in [0.4, 0.5) is 0 Å². The maximum absolute atomic E-state index is 11.2. The summed E-state index contributed by atoms with van der Waals surface area (Å²) in [6.45, 7) is 0.794. The Morgan fingerprint density at radius 1 is 1.05 bits per heavy atom. The summed E-state index contributed by atoms with van der Waals surface area (Å²) in [6, 6.07) is 17.2. The molecule has 21 heavy (non-hydrogen) atoms. The third-order valence-corrected chi connectivity index (χ3v) is 3.97. The zero-order valence-corrected chi connectivity index (χ0v) is 12.1. The van der Waals surface area contributed by atoms with Crippen LogP contribution in [0.1, 0.15) is 30.0 Å². The molecule has 0 amide bonds. The number of hydrogen-bond acceptors (Lipinski definition) is 3. The predicted molar refractivity (Wildman–Crippen MR) is 83.0 cm³/mol. The lowest BCUT2D eigenvalue weighted by molar-refractivity contribution is -0.140. The van der Waals surface area contributed by atoms with Crippen molar-refractivity contribution in [2.45, 2.75) is 18.9 Å². The van der Waals surface area contributed by atoms with Crippen molar-refractivity contribution >= 4 is 5.97 Å². The quantitative estimate of drug-likeness (QED) is 0.675. The highest BCUT2D eigenvalue weighted by Crippen LogP contribution is 2.42. The van der Waals surface area contributed by atoms with Crippen molar-refractivity contribution in [3.05, 3.63) is 59.7 Å². The molecule has 0 heterocycles. The lowest BCUT2D eigenvalue weighted by atomic mass is 10.1. The Labute approximate surface area is 124 Å².